The van der Waals surface area contributed by atoms with E-state index in [1.807, 2.05) is 44.2 Å². The molecule has 1 aromatic carbocycles. The zero-order valence-corrected chi connectivity index (χ0v) is 14.1. The molecule has 2 atom stereocenters. The Morgan fingerprint density at radius 3 is 2.96 bits per heavy atom. The van der Waals surface area contributed by atoms with Crippen molar-refractivity contribution < 1.29 is 14.1 Å². The van der Waals surface area contributed by atoms with Gasteiger partial charge in [-0.05, 0) is 33.2 Å². The number of nitrogens with zero attached hydrogens (tertiary/aromatic N) is 3. The summed E-state index contributed by atoms with van der Waals surface area (Å²) < 4.78 is 10.6. The molecule has 0 aliphatic carbocycles. The number of ether oxygens (including phenoxy) is 1. The summed E-state index contributed by atoms with van der Waals surface area (Å²) in [6, 6.07) is 9.74. The Hall–Kier alpha value is -2.21. The molecule has 0 saturated carbocycles. The molecule has 0 radical (unpaired) electrons. The monoisotopic (exact) mass is 329 g/mol. The first-order chi connectivity index (χ1) is 11.7. The van der Waals surface area contributed by atoms with Crippen molar-refractivity contribution in [1.82, 2.24) is 15.0 Å². The molecule has 2 heterocycles. The Bertz CT molecular complexity index is 671. The predicted molar refractivity (Wildman–Crippen MR) is 89.1 cm³/mol. The van der Waals surface area contributed by atoms with Crippen molar-refractivity contribution >= 4 is 5.97 Å². The molecule has 24 heavy (non-hydrogen) atoms. The highest BCUT2D eigenvalue weighted by Gasteiger charge is 2.31. The summed E-state index contributed by atoms with van der Waals surface area (Å²) >= 11 is 0. The number of hydrogen-bond donors (Lipinski definition) is 0. The van der Waals surface area contributed by atoms with Crippen molar-refractivity contribution in [2.24, 2.45) is 5.92 Å². The lowest BCUT2D eigenvalue weighted by molar-refractivity contribution is -0.150. The lowest BCUT2D eigenvalue weighted by Gasteiger charge is -2.34. The number of esters is 1. The quantitative estimate of drug-likeness (QED) is 0.785. The molecule has 1 saturated heterocycles. The second-order valence-corrected chi connectivity index (χ2v) is 6.08. The maximum Gasteiger partial charge on any atom is 0.310 e. The Morgan fingerprint density at radius 1 is 1.42 bits per heavy atom. The first kappa shape index (κ1) is 16.6. The van der Waals surface area contributed by atoms with E-state index in [-0.39, 0.29) is 17.9 Å². The minimum Gasteiger partial charge on any atom is -0.466 e. The summed E-state index contributed by atoms with van der Waals surface area (Å²) in [6.07, 6.45) is 1.84. The summed E-state index contributed by atoms with van der Waals surface area (Å²) in [4.78, 5) is 18.7. The first-order valence-corrected chi connectivity index (χ1v) is 8.48. The van der Waals surface area contributed by atoms with Crippen LogP contribution in [0.15, 0.2) is 34.9 Å². The smallest absolute Gasteiger partial charge is 0.310 e. The Balaban J connectivity index is 1.69. The van der Waals surface area contributed by atoms with E-state index in [1.165, 1.54) is 0 Å². The molecule has 0 amide bonds. The third kappa shape index (κ3) is 3.64. The van der Waals surface area contributed by atoms with Gasteiger partial charge in [-0.2, -0.15) is 4.98 Å². The summed E-state index contributed by atoms with van der Waals surface area (Å²) in [7, 11) is 0. The number of benzene rings is 1. The molecule has 6 nitrogen and oxygen atoms in total. The second kappa shape index (κ2) is 7.57. The fourth-order valence-electron chi connectivity index (χ4n) is 3.08. The molecule has 1 aromatic heterocycles. The molecule has 0 spiro atoms. The van der Waals surface area contributed by atoms with E-state index in [0.29, 0.717) is 24.9 Å². The van der Waals surface area contributed by atoms with E-state index in [9.17, 15) is 4.79 Å². The number of hydrogen-bond acceptors (Lipinski definition) is 6. The number of piperidine rings is 1. The van der Waals surface area contributed by atoms with E-state index in [0.717, 1.165) is 24.9 Å². The van der Waals surface area contributed by atoms with Crippen LogP contribution < -0.4 is 0 Å². The number of rotatable bonds is 5. The maximum absolute atomic E-state index is 12.0. The van der Waals surface area contributed by atoms with Gasteiger partial charge in [0.2, 0.25) is 11.7 Å². The van der Waals surface area contributed by atoms with Crippen LogP contribution in [0, 0.1) is 5.92 Å². The molecular weight excluding hydrogens is 306 g/mol. The Labute approximate surface area is 141 Å². The van der Waals surface area contributed by atoms with E-state index in [4.69, 9.17) is 9.26 Å². The second-order valence-electron chi connectivity index (χ2n) is 6.08. The highest BCUT2D eigenvalue weighted by Crippen LogP contribution is 2.27. The van der Waals surface area contributed by atoms with Crippen LogP contribution in [0.3, 0.4) is 0 Å². The van der Waals surface area contributed by atoms with Crippen LogP contribution >= 0.6 is 0 Å². The van der Waals surface area contributed by atoms with Crippen LogP contribution in [0.2, 0.25) is 0 Å². The zero-order valence-electron chi connectivity index (χ0n) is 14.1. The van der Waals surface area contributed by atoms with Crippen molar-refractivity contribution in [3.8, 4) is 11.4 Å². The zero-order chi connectivity index (χ0) is 16.9. The molecular formula is C18H23N3O3. The number of aromatic nitrogens is 2. The fourth-order valence-corrected chi connectivity index (χ4v) is 3.08. The van der Waals surface area contributed by atoms with Gasteiger partial charge in [-0.15, -0.1) is 0 Å². The minimum atomic E-state index is -0.107. The molecule has 2 aromatic rings. The van der Waals surface area contributed by atoms with Gasteiger partial charge in [-0.1, -0.05) is 35.5 Å². The average molecular weight is 329 g/mol. The van der Waals surface area contributed by atoms with Crippen LogP contribution in [-0.4, -0.2) is 40.7 Å². The van der Waals surface area contributed by atoms with Crippen molar-refractivity contribution in [2.75, 3.05) is 19.7 Å². The fraction of sp³-hybridized carbons (Fsp3) is 0.500. The summed E-state index contributed by atoms with van der Waals surface area (Å²) in [5.74, 6) is 0.998. The average Bonchev–Trinajstić information content (AvgIpc) is 3.12. The molecule has 2 unspecified atom stereocenters. The SMILES string of the molecule is CCOC(=O)C1CCCN(C(C)c2nc(-c3ccccc3)no2)C1. The van der Waals surface area contributed by atoms with Crippen LogP contribution in [0.4, 0.5) is 0 Å². The molecule has 6 heteroatoms. The molecule has 128 valence electrons. The molecule has 1 aliphatic heterocycles. The van der Waals surface area contributed by atoms with E-state index >= 15 is 0 Å². The van der Waals surface area contributed by atoms with Gasteiger partial charge in [0.15, 0.2) is 0 Å². The van der Waals surface area contributed by atoms with E-state index < -0.39 is 0 Å². The van der Waals surface area contributed by atoms with Gasteiger partial charge in [0, 0.05) is 12.1 Å². The number of likely N-dealkylation sites (tertiary alicyclic amines) is 1. The van der Waals surface area contributed by atoms with Crippen molar-refractivity contribution in [3.05, 3.63) is 36.2 Å². The molecule has 3 rings (SSSR count). The summed E-state index contributed by atoms with van der Waals surface area (Å²) in [6.45, 7) is 5.89. The van der Waals surface area contributed by atoms with Crippen LogP contribution in [0.5, 0.6) is 0 Å². The van der Waals surface area contributed by atoms with Gasteiger partial charge in [-0.25, -0.2) is 0 Å². The summed E-state index contributed by atoms with van der Waals surface area (Å²) in [5, 5.41) is 4.08. The predicted octanol–water partition coefficient (Wildman–Crippen LogP) is 3.07. The Morgan fingerprint density at radius 2 is 2.21 bits per heavy atom. The maximum atomic E-state index is 12.0. The number of carbonyl (C=O) groups is 1. The van der Waals surface area contributed by atoms with Gasteiger partial charge in [0.1, 0.15) is 0 Å². The standard InChI is InChI=1S/C18H23N3O3/c1-3-23-18(22)15-10-7-11-21(12-15)13(2)17-19-16(20-24-17)14-8-5-4-6-9-14/h4-6,8-9,13,15H,3,7,10-12H2,1-2H3. The number of carbonyl (C=O) groups excluding carboxylic acids is 1. The van der Waals surface area contributed by atoms with Gasteiger partial charge >= 0.3 is 5.97 Å². The third-order valence-corrected chi connectivity index (χ3v) is 4.45. The van der Waals surface area contributed by atoms with Crippen LogP contribution in [-0.2, 0) is 9.53 Å². The van der Waals surface area contributed by atoms with Gasteiger partial charge in [-0.3, -0.25) is 9.69 Å². The van der Waals surface area contributed by atoms with Crippen LogP contribution in [0.1, 0.15) is 38.6 Å². The van der Waals surface area contributed by atoms with Crippen LogP contribution in [0.25, 0.3) is 11.4 Å². The summed E-state index contributed by atoms with van der Waals surface area (Å²) in [5.41, 5.74) is 0.933. The lowest BCUT2D eigenvalue weighted by Crippen LogP contribution is -2.40. The Kier molecular flexibility index (Phi) is 5.25. The molecule has 0 bridgehead atoms. The van der Waals surface area contributed by atoms with Crippen molar-refractivity contribution in [1.29, 1.82) is 0 Å². The van der Waals surface area contributed by atoms with E-state index in [1.54, 1.807) is 0 Å². The highest BCUT2D eigenvalue weighted by atomic mass is 16.5. The van der Waals surface area contributed by atoms with Gasteiger partial charge in [0.05, 0.1) is 18.6 Å². The minimum absolute atomic E-state index is 0.0211. The van der Waals surface area contributed by atoms with Gasteiger partial charge < -0.3 is 9.26 Å². The molecule has 1 fully saturated rings. The molecule has 0 N–H and O–H groups in total. The highest BCUT2D eigenvalue weighted by molar-refractivity contribution is 5.72. The largest absolute Gasteiger partial charge is 0.466 e. The topological polar surface area (TPSA) is 68.5 Å². The normalized spacial score (nSPS) is 19.8. The molecule has 1 aliphatic rings. The van der Waals surface area contributed by atoms with Crippen molar-refractivity contribution in [3.63, 3.8) is 0 Å². The van der Waals surface area contributed by atoms with E-state index in [2.05, 4.69) is 15.0 Å². The van der Waals surface area contributed by atoms with Gasteiger partial charge in [0.25, 0.3) is 0 Å². The van der Waals surface area contributed by atoms with Crippen molar-refractivity contribution in [2.45, 2.75) is 32.7 Å². The third-order valence-electron chi connectivity index (χ3n) is 4.45. The lowest BCUT2D eigenvalue weighted by atomic mass is 9.97. The first-order valence-electron chi connectivity index (χ1n) is 8.48.